The van der Waals surface area contributed by atoms with Crippen LogP contribution in [0.4, 0.5) is 13.2 Å². The van der Waals surface area contributed by atoms with Gasteiger partial charge in [0.2, 0.25) is 0 Å². The predicted octanol–water partition coefficient (Wildman–Crippen LogP) is 2.95. The molecule has 1 aromatic carbocycles. The van der Waals surface area contributed by atoms with Crippen LogP contribution in [0, 0.1) is 17.5 Å². The first-order valence-corrected chi connectivity index (χ1v) is 7.40. The fourth-order valence-corrected chi connectivity index (χ4v) is 4.50. The van der Waals surface area contributed by atoms with Crippen LogP contribution in [0.1, 0.15) is 11.6 Å². The Hall–Kier alpha value is -0.330. The van der Waals surface area contributed by atoms with Crippen molar-refractivity contribution in [2.24, 2.45) is 5.73 Å². The van der Waals surface area contributed by atoms with Crippen LogP contribution in [-0.4, -0.2) is 22.5 Å². The standard InChI is InChI=1S/C11H12F3NS2/c12-7-2-1-6(9(13)10(7)14)11(15)8-5-16-3-4-17-8/h1-2,8,11H,3-5,15H2. The Labute approximate surface area is 106 Å². The first-order valence-electron chi connectivity index (χ1n) is 5.19. The lowest BCUT2D eigenvalue weighted by Crippen LogP contribution is -2.29. The summed E-state index contributed by atoms with van der Waals surface area (Å²) in [6, 6.07) is 1.56. The molecule has 0 saturated carbocycles. The zero-order valence-corrected chi connectivity index (χ0v) is 10.6. The number of thioether (sulfide) groups is 2. The Morgan fingerprint density at radius 1 is 1.18 bits per heavy atom. The lowest BCUT2D eigenvalue weighted by atomic mass is 10.0. The van der Waals surface area contributed by atoms with Crippen LogP contribution < -0.4 is 5.73 Å². The van der Waals surface area contributed by atoms with E-state index in [9.17, 15) is 13.2 Å². The minimum absolute atomic E-state index is 0.0492. The maximum absolute atomic E-state index is 13.6. The van der Waals surface area contributed by atoms with Crippen molar-refractivity contribution in [2.75, 3.05) is 17.3 Å². The van der Waals surface area contributed by atoms with E-state index in [-0.39, 0.29) is 10.8 Å². The van der Waals surface area contributed by atoms with Gasteiger partial charge in [-0.2, -0.15) is 23.5 Å². The summed E-state index contributed by atoms with van der Waals surface area (Å²) in [6.45, 7) is 0. The van der Waals surface area contributed by atoms with Gasteiger partial charge in [-0.1, -0.05) is 6.07 Å². The lowest BCUT2D eigenvalue weighted by Gasteiger charge is -2.27. The molecule has 1 nitrogen and oxygen atoms in total. The maximum Gasteiger partial charge on any atom is 0.194 e. The van der Waals surface area contributed by atoms with Crippen molar-refractivity contribution in [3.63, 3.8) is 0 Å². The van der Waals surface area contributed by atoms with Gasteiger partial charge in [0.25, 0.3) is 0 Å². The molecular weight excluding hydrogens is 267 g/mol. The van der Waals surface area contributed by atoms with E-state index < -0.39 is 23.5 Å². The van der Waals surface area contributed by atoms with Gasteiger partial charge in [-0.15, -0.1) is 0 Å². The first kappa shape index (κ1) is 13.1. The molecule has 1 aromatic rings. The van der Waals surface area contributed by atoms with Crippen LogP contribution in [0.15, 0.2) is 12.1 Å². The van der Waals surface area contributed by atoms with Gasteiger partial charge in [-0.25, -0.2) is 13.2 Å². The molecule has 0 bridgehead atoms. The zero-order chi connectivity index (χ0) is 12.4. The summed E-state index contributed by atoms with van der Waals surface area (Å²) in [4.78, 5) is 0. The Balaban J connectivity index is 2.24. The monoisotopic (exact) mass is 279 g/mol. The highest BCUT2D eigenvalue weighted by Gasteiger charge is 2.27. The summed E-state index contributed by atoms with van der Waals surface area (Å²) in [5, 5.41) is 0.0492. The Kier molecular flexibility index (Phi) is 4.27. The third kappa shape index (κ3) is 2.74. The average Bonchev–Trinajstić information content (AvgIpc) is 2.36. The number of nitrogens with two attached hydrogens (primary N) is 1. The Morgan fingerprint density at radius 3 is 2.59 bits per heavy atom. The minimum atomic E-state index is -1.44. The molecule has 1 saturated heterocycles. The van der Waals surface area contributed by atoms with Crippen molar-refractivity contribution in [3.05, 3.63) is 35.1 Å². The predicted molar refractivity (Wildman–Crippen MR) is 66.8 cm³/mol. The molecule has 1 fully saturated rings. The SMILES string of the molecule is NC(c1ccc(F)c(F)c1F)C1CSCCS1. The second-order valence-electron chi connectivity index (χ2n) is 3.77. The molecule has 2 atom stereocenters. The van der Waals surface area contributed by atoms with E-state index in [2.05, 4.69) is 0 Å². The fourth-order valence-electron chi connectivity index (χ4n) is 1.71. The molecular formula is C11H12F3NS2. The van der Waals surface area contributed by atoms with Crippen molar-refractivity contribution in [1.82, 2.24) is 0 Å². The summed E-state index contributed by atoms with van der Waals surface area (Å²) in [7, 11) is 0. The molecule has 6 heteroatoms. The maximum atomic E-state index is 13.6. The first-order chi connectivity index (χ1) is 8.11. The van der Waals surface area contributed by atoms with Crippen molar-refractivity contribution in [3.8, 4) is 0 Å². The van der Waals surface area contributed by atoms with E-state index in [0.717, 1.165) is 23.3 Å². The van der Waals surface area contributed by atoms with Gasteiger partial charge in [-0.3, -0.25) is 0 Å². The smallest absolute Gasteiger partial charge is 0.194 e. The van der Waals surface area contributed by atoms with E-state index in [4.69, 9.17) is 5.73 Å². The average molecular weight is 279 g/mol. The van der Waals surface area contributed by atoms with Crippen LogP contribution in [0.2, 0.25) is 0 Å². The van der Waals surface area contributed by atoms with Gasteiger partial charge < -0.3 is 5.73 Å². The Morgan fingerprint density at radius 2 is 1.94 bits per heavy atom. The zero-order valence-electron chi connectivity index (χ0n) is 8.96. The molecule has 1 heterocycles. The second-order valence-corrected chi connectivity index (χ2v) is 6.27. The number of halogens is 3. The van der Waals surface area contributed by atoms with Crippen molar-refractivity contribution < 1.29 is 13.2 Å². The van der Waals surface area contributed by atoms with Crippen LogP contribution >= 0.6 is 23.5 Å². The van der Waals surface area contributed by atoms with Gasteiger partial charge in [0, 0.05) is 34.1 Å². The summed E-state index contributed by atoms with van der Waals surface area (Å²) in [5.41, 5.74) is 5.99. The fraction of sp³-hybridized carbons (Fsp3) is 0.455. The van der Waals surface area contributed by atoms with E-state index in [1.54, 1.807) is 23.5 Å². The molecule has 2 rings (SSSR count). The van der Waals surface area contributed by atoms with Crippen LogP contribution in [-0.2, 0) is 0 Å². The number of hydrogen-bond donors (Lipinski definition) is 1. The molecule has 0 radical (unpaired) electrons. The minimum Gasteiger partial charge on any atom is -0.323 e. The molecule has 17 heavy (non-hydrogen) atoms. The molecule has 0 spiro atoms. The van der Waals surface area contributed by atoms with Crippen LogP contribution in [0.25, 0.3) is 0 Å². The quantitative estimate of drug-likeness (QED) is 0.843. The largest absolute Gasteiger partial charge is 0.323 e. The van der Waals surface area contributed by atoms with E-state index in [1.165, 1.54) is 6.07 Å². The number of benzene rings is 1. The van der Waals surface area contributed by atoms with Gasteiger partial charge in [0.1, 0.15) is 0 Å². The Bertz CT molecular complexity index is 408. The molecule has 1 aliphatic heterocycles. The number of rotatable bonds is 2. The van der Waals surface area contributed by atoms with E-state index in [1.807, 2.05) is 0 Å². The molecule has 1 aliphatic rings. The van der Waals surface area contributed by atoms with Gasteiger partial charge in [0.05, 0.1) is 0 Å². The molecule has 2 N–H and O–H groups in total. The topological polar surface area (TPSA) is 26.0 Å². The molecule has 2 unspecified atom stereocenters. The van der Waals surface area contributed by atoms with E-state index >= 15 is 0 Å². The molecule has 0 amide bonds. The van der Waals surface area contributed by atoms with Gasteiger partial charge in [0.15, 0.2) is 17.5 Å². The van der Waals surface area contributed by atoms with Crippen molar-refractivity contribution in [2.45, 2.75) is 11.3 Å². The highest BCUT2D eigenvalue weighted by molar-refractivity contribution is 8.06. The van der Waals surface area contributed by atoms with Crippen LogP contribution in [0.5, 0.6) is 0 Å². The summed E-state index contributed by atoms with van der Waals surface area (Å²) < 4.78 is 39.5. The summed E-state index contributed by atoms with van der Waals surface area (Å²) in [6.07, 6.45) is 0. The van der Waals surface area contributed by atoms with Gasteiger partial charge in [-0.05, 0) is 6.07 Å². The number of hydrogen-bond acceptors (Lipinski definition) is 3. The molecule has 0 aliphatic carbocycles. The molecule has 0 aromatic heterocycles. The summed E-state index contributed by atoms with van der Waals surface area (Å²) >= 11 is 3.40. The van der Waals surface area contributed by atoms with Gasteiger partial charge >= 0.3 is 0 Å². The van der Waals surface area contributed by atoms with Crippen molar-refractivity contribution >= 4 is 23.5 Å². The van der Waals surface area contributed by atoms with Crippen molar-refractivity contribution in [1.29, 1.82) is 0 Å². The highest BCUT2D eigenvalue weighted by atomic mass is 32.2. The lowest BCUT2D eigenvalue weighted by molar-refractivity contribution is 0.435. The highest BCUT2D eigenvalue weighted by Crippen LogP contribution is 2.33. The third-order valence-corrected chi connectivity index (χ3v) is 5.55. The third-order valence-electron chi connectivity index (χ3n) is 2.67. The summed E-state index contributed by atoms with van der Waals surface area (Å²) in [5.74, 6) is -0.962. The van der Waals surface area contributed by atoms with E-state index in [0.29, 0.717) is 0 Å². The second kappa shape index (κ2) is 5.54. The van der Waals surface area contributed by atoms with Crippen LogP contribution in [0.3, 0.4) is 0 Å². The molecule has 94 valence electrons. The normalized spacial score (nSPS) is 22.5.